The molecule has 1 aromatic carbocycles. The molecule has 3 nitrogen and oxygen atoms in total. The molecule has 0 aliphatic heterocycles. The minimum Gasteiger partial charge on any atom is -0.274 e. The van der Waals surface area contributed by atoms with E-state index in [4.69, 9.17) is 0 Å². The lowest BCUT2D eigenvalue weighted by molar-refractivity contribution is 1.37. The van der Waals surface area contributed by atoms with Gasteiger partial charge in [-0.05, 0) is 26.3 Å². The smallest absolute Gasteiger partial charge is 0.161 e. The highest BCUT2D eigenvalue weighted by Crippen LogP contribution is 2.04. The monoisotopic (exact) mass is 297 g/mol. The van der Waals surface area contributed by atoms with Crippen LogP contribution in [0, 0.1) is 0 Å². The fraction of sp³-hybridized carbons (Fsp3) is 0.316. The fourth-order valence-corrected chi connectivity index (χ4v) is 1.50. The molecule has 0 amide bonds. The second-order valence-corrected chi connectivity index (χ2v) is 4.12. The maximum absolute atomic E-state index is 4.50. The van der Waals surface area contributed by atoms with Gasteiger partial charge in [-0.15, -0.1) is 0 Å². The summed E-state index contributed by atoms with van der Waals surface area (Å²) in [5.74, 6) is 1.37. The minimum atomic E-state index is 0.664. The molecule has 0 unspecified atom stereocenters. The first-order chi connectivity index (χ1) is 10.7. The largest absolute Gasteiger partial charge is 0.274 e. The van der Waals surface area contributed by atoms with E-state index in [-0.39, 0.29) is 0 Å². The van der Waals surface area contributed by atoms with Gasteiger partial charge in [0, 0.05) is 18.8 Å². The van der Waals surface area contributed by atoms with Gasteiger partial charge in [-0.1, -0.05) is 62.4 Å². The van der Waals surface area contributed by atoms with E-state index in [1.54, 1.807) is 7.05 Å². The van der Waals surface area contributed by atoms with Gasteiger partial charge >= 0.3 is 0 Å². The average molecular weight is 297 g/mol. The maximum atomic E-state index is 4.50. The van der Waals surface area contributed by atoms with E-state index in [0.29, 0.717) is 11.7 Å². The van der Waals surface area contributed by atoms with Crippen molar-refractivity contribution in [3.05, 3.63) is 59.7 Å². The van der Waals surface area contributed by atoms with E-state index in [9.17, 15) is 0 Å². The molecule has 1 aromatic rings. The third kappa shape index (κ3) is 7.48. The summed E-state index contributed by atoms with van der Waals surface area (Å²) in [4.78, 5) is 13.0. The molecule has 0 radical (unpaired) electrons. The molecular weight excluding hydrogens is 270 g/mol. The Labute approximate surface area is 134 Å². The van der Waals surface area contributed by atoms with Gasteiger partial charge in [0.15, 0.2) is 5.84 Å². The van der Waals surface area contributed by atoms with Gasteiger partial charge < -0.3 is 0 Å². The molecule has 0 N–H and O–H groups in total. The second kappa shape index (κ2) is 12.5. The van der Waals surface area contributed by atoms with Crippen LogP contribution in [0.3, 0.4) is 0 Å². The normalized spacial score (nSPS) is 13.5. The van der Waals surface area contributed by atoms with Gasteiger partial charge in [-0.3, -0.25) is 4.99 Å². The molecule has 0 aromatic heterocycles. The minimum absolute atomic E-state index is 0.664. The summed E-state index contributed by atoms with van der Waals surface area (Å²) in [6.45, 7) is 9.83. The van der Waals surface area contributed by atoms with Gasteiger partial charge in [0.25, 0.3) is 0 Å². The number of benzene rings is 1. The van der Waals surface area contributed by atoms with E-state index in [0.717, 1.165) is 11.1 Å². The van der Waals surface area contributed by atoms with Gasteiger partial charge in [-0.2, -0.15) is 0 Å². The molecule has 0 atom stereocenters. The highest BCUT2D eigenvalue weighted by atomic mass is 15.0. The number of hydrogen-bond donors (Lipinski definition) is 0. The predicted molar refractivity (Wildman–Crippen MR) is 100 cm³/mol. The van der Waals surface area contributed by atoms with Crippen LogP contribution < -0.4 is 0 Å². The van der Waals surface area contributed by atoms with Crippen LogP contribution in [0.2, 0.25) is 0 Å². The molecule has 0 saturated heterocycles. The number of rotatable bonds is 3. The molecule has 3 heteroatoms. The van der Waals surface area contributed by atoms with E-state index in [1.807, 2.05) is 89.4 Å². The molecule has 0 aliphatic rings. The van der Waals surface area contributed by atoms with Crippen molar-refractivity contribution in [1.29, 1.82) is 0 Å². The SMILES string of the molecule is C/C=C\C(C=NC(=NC(C)=NC)c1ccccc1)=C/C.CC. The molecule has 0 aliphatic carbocycles. The van der Waals surface area contributed by atoms with Gasteiger partial charge in [-0.25, -0.2) is 9.98 Å². The summed E-state index contributed by atoms with van der Waals surface area (Å²) in [7, 11) is 1.72. The van der Waals surface area contributed by atoms with Crippen molar-refractivity contribution < 1.29 is 0 Å². The van der Waals surface area contributed by atoms with Gasteiger partial charge in [0.05, 0.1) is 0 Å². The number of aliphatic imine (C=N–C) groups is 3. The van der Waals surface area contributed by atoms with Crippen molar-refractivity contribution in [2.75, 3.05) is 7.05 Å². The van der Waals surface area contributed by atoms with Crippen LogP contribution in [0.25, 0.3) is 0 Å². The molecular formula is C19H27N3. The van der Waals surface area contributed by atoms with Crippen molar-refractivity contribution in [2.45, 2.75) is 34.6 Å². The van der Waals surface area contributed by atoms with E-state index in [1.165, 1.54) is 0 Å². The zero-order valence-electron chi connectivity index (χ0n) is 14.5. The van der Waals surface area contributed by atoms with Crippen LogP contribution in [-0.4, -0.2) is 24.9 Å². The molecule has 22 heavy (non-hydrogen) atoms. The van der Waals surface area contributed by atoms with Crippen LogP contribution in [0.4, 0.5) is 0 Å². The Morgan fingerprint density at radius 1 is 1.05 bits per heavy atom. The Morgan fingerprint density at radius 3 is 2.18 bits per heavy atom. The van der Waals surface area contributed by atoms with Crippen LogP contribution in [0.5, 0.6) is 0 Å². The highest BCUT2D eigenvalue weighted by molar-refractivity contribution is 6.10. The summed E-state index contributed by atoms with van der Waals surface area (Å²) < 4.78 is 0. The lowest BCUT2D eigenvalue weighted by atomic mass is 10.2. The Bertz CT molecular complexity index is 562. The quantitative estimate of drug-likeness (QED) is 0.423. The summed E-state index contributed by atoms with van der Waals surface area (Å²) in [6, 6.07) is 9.90. The molecule has 0 bridgehead atoms. The number of hydrogen-bond acceptors (Lipinski definition) is 1. The second-order valence-electron chi connectivity index (χ2n) is 4.12. The topological polar surface area (TPSA) is 37.1 Å². The Hall–Kier alpha value is -2.29. The van der Waals surface area contributed by atoms with E-state index in [2.05, 4.69) is 15.0 Å². The zero-order valence-corrected chi connectivity index (χ0v) is 14.5. The summed E-state index contributed by atoms with van der Waals surface area (Å²) in [6.07, 6.45) is 7.81. The summed E-state index contributed by atoms with van der Waals surface area (Å²) >= 11 is 0. The van der Waals surface area contributed by atoms with Crippen LogP contribution in [-0.2, 0) is 0 Å². The molecule has 0 saturated carbocycles. The maximum Gasteiger partial charge on any atom is 0.161 e. The van der Waals surface area contributed by atoms with Crippen LogP contribution in [0.15, 0.2) is 69.1 Å². The van der Waals surface area contributed by atoms with Crippen LogP contribution >= 0.6 is 0 Å². The Balaban J connectivity index is 0.00000211. The van der Waals surface area contributed by atoms with Crippen LogP contribution in [0.1, 0.15) is 40.2 Å². The van der Waals surface area contributed by atoms with E-state index < -0.39 is 0 Å². The van der Waals surface area contributed by atoms with Gasteiger partial charge in [0.1, 0.15) is 5.84 Å². The fourth-order valence-electron chi connectivity index (χ4n) is 1.50. The van der Waals surface area contributed by atoms with Gasteiger partial charge in [0.2, 0.25) is 0 Å². The summed E-state index contributed by atoms with van der Waals surface area (Å²) in [5, 5.41) is 0. The third-order valence-electron chi connectivity index (χ3n) is 2.65. The van der Waals surface area contributed by atoms with Crippen molar-refractivity contribution in [2.24, 2.45) is 15.0 Å². The zero-order chi connectivity index (χ0) is 16.8. The predicted octanol–water partition coefficient (Wildman–Crippen LogP) is 5.10. The number of allylic oxidation sites excluding steroid dienone is 4. The highest BCUT2D eigenvalue weighted by Gasteiger charge is 2.01. The first kappa shape index (κ1) is 19.7. The standard InChI is InChI=1S/C17H21N3.C2H6/c1-5-10-15(6-2)13-19-17(20-14(3)18-4)16-11-8-7-9-12-16;1-2/h5-13H,1-4H3;1-2H3/b10-5-,15-6+,18-14?,19-13?,20-17?;. The van der Waals surface area contributed by atoms with Crippen molar-refractivity contribution >= 4 is 17.9 Å². The molecule has 118 valence electrons. The first-order valence-corrected chi connectivity index (χ1v) is 7.61. The number of amidine groups is 2. The molecule has 0 fully saturated rings. The summed E-state index contributed by atoms with van der Waals surface area (Å²) in [5.41, 5.74) is 2.02. The Kier molecular flexibility index (Phi) is 11.2. The first-order valence-electron chi connectivity index (χ1n) is 7.61. The third-order valence-corrected chi connectivity index (χ3v) is 2.65. The lowest BCUT2D eigenvalue weighted by Crippen LogP contribution is -2.01. The van der Waals surface area contributed by atoms with Crippen molar-refractivity contribution in [3.63, 3.8) is 0 Å². The molecule has 0 heterocycles. The van der Waals surface area contributed by atoms with Crippen molar-refractivity contribution in [1.82, 2.24) is 0 Å². The lowest BCUT2D eigenvalue weighted by Gasteiger charge is -2.01. The van der Waals surface area contributed by atoms with E-state index >= 15 is 0 Å². The number of nitrogens with zero attached hydrogens (tertiary/aromatic N) is 3. The Morgan fingerprint density at radius 2 is 1.68 bits per heavy atom. The molecule has 0 spiro atoms. The molecule has 1 rings (SSSR count). The van der Waals surface area contributed by atoms with Crippen molar-refractivity contribution in [3.8, 4) is 0 Å². The average Bonchev–Trinajstić information content (AvgIpc) is 2.59.